The second-order valence-corrected chi connectivity index (χ2v) is 5.26. The molecule has 4 heteroatoms. The minimum atomic E-state index is 0.439. The lowest BCUT2D eigenvalue weighted by molar-refractivity contribution is 0.446. The minimum Gasteiger partial charge on any atom is -0.316 e. The molecule has 2 heterocycles. The van der Waals surface area contributed by atoms with Gasteiger partial charge in [0.15, 0.2) is 0 Å². The van der Waals surface area contributed by atoms with Crippen molar-refractivity contribution in [1.29, 1.82) is 0 Å². The number of hydrogen-bond acceptors (Lipinski definition) is 3. The van der Waals surface area contributed by atoms with Gasteiger partial charge in [-0.2, -0.15) is 0 Å². The Morgan fingerprint density at radius 3 is 2.63 bits per heavy atom. The molecular formula is C15H16ClN3. The third-order valence-electron chi connectivity index (χ3n) is 3.52. The third kappa shape index (κ3) is 2.77. The van der Waals surface area contributed by atoms with Crippen LogP contribution in [0, 0.1) is 0 Å². The molecule has 1 saturated heterocycles. The van der Waals surface area contributed by atoms with Crippen molar-refractivity contribution in [2.24, 2.45) is 0 Å². The molecule has 0 amide bonds. The maximum atomic E-state index is 6.18. The van der Waals surface area contributed by atoms with Crippen LogP contribution in [0.5, 0.6) is 0 Å². The number of benzene rings is 1. The Hall–Kier alpha value is -1.45. The molecule has 2 aromatic rings. The van der Waals surface area contributed by atoms with Crippen LogP contribution in [0.3, 0.4) is 0 Å². The van der Waals surface area contributed by atoms with Crippen molar-refractivity contribution < 1.29 is 0 Å². The van der Waals surface area contributed by atoms with Crippen LogP contribution in [-0.2, 0) is 0 Å². The molecule has 1 aromatic carbocycles. The zero-order chi connectivity index (χ0) is 13.1. The van der Waals surface area contributed by atoms with Gasteiger partial charge in [0.2, 0.25) is 0 Å². The Kier molecular flexibility index (Phi) is 3.76. The molecule has 98 valence electrons. The van der Waals surface area contributed by atoms with Gasteiger partial charge in [-0.1, -0.05) is 29.8 Å². The number of nitrogens with zero attached hydrogens (tertiary/aromatic N) is 2. The summed E-state index contributed by atoms with van der Waals surface area (Å²) in [5.41, 5.74) is 1.95. The standard InChI is InChI=1S/C15H16ClN3/c16-14-6-2-1-5-13(14)12-9-18-15(19-10-12)11-4-3-7-17-8-11/h1-2,5-6,9-11,17H,3-4,7-8H2. The van der Waals surface area contributed by atoms with Crippen molar-refractivity contribution in [2.45, 2.75) is 18.8 Å². The Morgan fingerprint density at radius 1 is 1.16 bits per heavy atom. The van der Waals surface area contributed by atoms with Crippen molar-refractivity contribution in [1.82, 2.24) is 15.3 Å². The van der Waals surface area contributed by atoms with E-state index < -0.39 is 0 Å². The second-order valence-electron chi connectivity index (χ2n) is 4.85. The highest BCUT2D eigenvalue weighted by atomic mass is 35.5. The highest BCUT2D eigenvalue weighted by Crippen LogP contribution is 2.27. The van der Waals surface area contributed by atoms with Crippen molar-refractivity contribution in [2.75, 3.05) is 13.1 Å². The summed E-state index contributed by atoms with van der Waals surface area (Å²) in [6.45, 7) is 2.08. The fraction of sp³-hybridized carbons (Fsp3) is 0.333. The maximum Gasteiger partial charge on any atom is 0.132 e. The van der Waals surface area contributed by atoms with E-state index in [1.54, 1.807) is 0 Å². The molecule has 0 aliphatic carbocycles. The van der Waals surface area contributed by atoms with Gasteiger partial charge in [-0.25, -0.2) is 9.97 Å². The van der Waals surface area contributed by atoms with Crippen LogP contribution in [0.25, 0.3) is 11.1 Å². The van der Waals surface area contributed by atoms with Gasteiger partial charge in [-0.15, -0.1) is 0 Å². The average Bonchev–Trinajstić information content (AvgIpc) is 2.49. The summed E-state index contributed by atoms with van der Waals surface area (Å²) >= 11 is 6.18. The van der Waals surface area contributed by atoms with Crippen molar-refractivity contribution in [3.05, 3.63) is 47.5 Å². The molecule has 0 spiro atoms. The van der Waals surface area contributed by atoms with Gasteiger partial charge >= 0.3 is 0 Å². The topological polar surface area (TPSA) is 37.8 Å². The number of hydrogen-bond donors (Lipinski definition) is 1. The number of aromatic nitrogens is 2. The van der Waals surface area contributed by atoms with E-state index in [9.17, 15) is 0 Å². The maximum absolute atomic E-state index is 6.18. The molecule has 1 aliphatic rings. The Morgan fingerprint density at radius 2 is 1.95 bits per heavy atom. The van der Waals surface area contributed by atoms with Crippen LogP contribution in [0.15, 0.2) is 36.7 Å². The first-order valence-corrected chi connectivity index (χ1v) is 7.00. The van der Waals surface area contributed by atoms with E-state index in [2.05, 4.69) is 15.3 Å². The molecule has 1 fully saturated rings. The first kappa shape index (κ1) is 12.6. The summed E-state index contributed by atoms with van der Waals surface area (Å²) in [7, 11) is 0. The van der Waals surface area contributed by atoms with E-state index in [0.29, 0.717) is 5.92 Å². The smallest absolute Gasteiger partial charge is 0.132 e. The van der Waals surface area contributed by atoms with Crippen molar-refractivity contribution >= 4 is 11.6 Å². The van der Waals surface area contributed by atoms with Gasteiger partial charge in [0.1, 0.15) is 5.82 Å². The third-order valence-corrected chi connectivity index (χ3v) is 3.85. The quantitative estimate of drug-likeness (QED) is 0.913. The zero-order valence-electron chi connectivity index (χ0n) is 10.6. The molecule has 1 atom stereocenters. The minimum absolute atomic E-state index is 0.439. The second kappa shape index (κ2) is 5.68. The van der Waals surface area contributed by atoms with Gasteiger partial charge in [0.05, 0.1) is 0 Å². The van der Waals surface area contributed by atoms with E-state index in [1.807, 2.05) is 36.7 Å². The number of halogens is 1. The molecule has 0 radical (unpaired) electrons. The molecule has 0 saturated carbocycles. The SMILES string of the molecule is Clc1ccccc1-c1cnc(C2CCCNC2)nc1. The fourth-order valence-electron chi connectivity index (χ4n) is 2.46. The lowest BCUT2D eigenvalue weighted by Crippen LogP contribution is -2.29. The van der Waals surface area contributed by atoms with Gasteiger partial charge < -0.3 is 5.32 Å². The van der Waals surface area contributed by atoms with Crippen molar-refractivity contribution in [3.8, 4) is 11.1 Å². The van der Waals surface area contributed by atoms with E-state index in [-0.39, 0.29) is 0 Å². The first-order chi connectivity index (χ1) is 9.34. The molecule has 1 aliphatic heterocycles. The van der Waals surface area contributed by atoms with Gasteiger partial charge in [-0.3, -0.25) is 0 Å². The zero-order valence-corrected chi connectivity index (χ0v) is 11.4. The van der Waals surface area contributed by atoms with E-state index in [0.717, 1.165) is 35.1 Å². The summed E-state index contributed by atoms with van der Waals surface area (Å²) in [6, 6.07) is 7.77. The van der Waals surface area contributed by atoms with Gasteiger partial charge in [0.25, 0.3) is 0 Å². The Balaban J connectivity index is 1.84. The van der Waals surface area contributed by atoms with Crippen LogP contribution in [-0.4, -0.2) is 23.1 Å². The molecule has 1 unspecified atom stereocenters. The summed E-state index contributed by atoms with van der Waals surface area (Å²) in [4.78, 5) is 9.02. The van der Waals surface area contributed by atoms with Crippen LogP contribution >= 0.6 is 11.6 Å². The molecule has 3 nitrogen and oxygen atoms in total. The van der Waals surface area contributed by atoms with Crippen LogP contribution in [0.1, 0.15) is 24.6 Å². The van der Waals surface area contributed by atoms with Crippen LogP contribution < -0.4 is 5.32 Å². The largest absolute Gasteiger partial charge is 0.316 e. The van der Waals surface area contributed by atoms with Gasteiger partial charge in [0, 0.05) is 41.0 Å². The highest BCUT2D eigenvalue weighted by Gasteiger charge is 2.17. The monoisotopic (exact) mass is 273 g/mol. The molecule has 0 bridgehead atoms. The van der Waals surface area contributed by atoms with Crippen LogP contribution in [0.2, 0.25) is 5.02 Å². The van der Waals surface area contributed by atoms with Crippen molar-refractivity contribution in [3.63, 3.8) is 0 Å². The number of piperidine rings is 1. The van der Waals surface area contributed by atoms with E-state index >= 15 is 0 Å². The van der Waals surface area contributed by atoms with E-state index in [1.165, 1.54) is 12.8 Å². The summed E-state index contributed by atoms with van der Waals surface area (Å²) in [5, 5.41) is 4.12. The molecular weight excluding hydrogens is 258 g/mol. The Labute approximate surface area is 118 Å². The summed E-state index contributed by atoms with van der Waals surface area (Å²) in [5.74, 6) is 1.37. The predicted octanol–water partition coefficient (Wildman–Crippen LogP) is 3.26. The average molecular weight is 274 g/mol. The molecule has 3 rings (SSSR count). The molecule has 19 heavy (non-hydrogen) atoms. The number of rotatable bonds is 2. The highest BCUT2D eigenvalue weighted by molar-refractivity contribution is 6.33. The lowest BCUT2D eigenvalue weighted by atomic mass is 9.99. The lowest BCUT2D eigenvalue weighted by Gasteiger charge is -2.21. The number of nitrogens with one attached hydrogen (secondary N) is 1. The molecule has 1 aromatic heterocycles. The summed E-state index contributed by atoms with van der Waals surface area (Å²) < 4.78 is 0. The van der Waals surface area contributed by atoms with E-state index in [4.69, 9.17) is 11.6 Å². The predicted molar refractivity (Wildman–Crippen MR) is 77.3 cm³/mol. The Bertz CT molecular complexity index is 548. The molecule has 1 N–H and O–H groups in total. The fourth-order valence-corrected chi connectivity index (χ4v) is 2.70. The first-order valence-electron chi connectivity index (χ1n) is 6.62. The van der Waals surface area contributed by atoms with Gasteiger partial charge in [-0.05, 0) is 25.5 Å². The summed E-state index contributed by atoms with van der Waals surface area (Å²) in [6.07, 6.45) is 6.11. The van der Waals surface area contributed by atoms with Crippen LogP contribution in [0.4, 0.5) is 0 Å². The normalized spacial score (nSPS) is 19.3.